The number of aliphatic hydroxyl groups is 4. The van der Waals surface area contributed by atoms with Crippen molar-refractivity contribution in [1.82, 2.24) is 5.32 Å². The maximum absolute atomic E-state index is 14.4. The van der Waals surface area contributed by atoms with Gasteiger partial charge in [0.05, 0.1) is 19.3 Å². The predicted molar refractivity (Wildman–Crippen MR) is 166 cm³/mol. The first-order valence-electron chi connectivity index (χ1n) is 13.1. The summed E-state index contributed by atoms with van der Waals surface area (Å²) >= 11 is 0. The fourth-order valence-corrected chi connectivity index (χ4v) is 2.90. The van der Waals surface area contributed by atoms with Crippen LogP contribution in [0, 0.1) is 142 Å². The van der Waals surface area contributed by atoms with Crippen LogP contribution in [-0.2, 0) is 14.3 Å². The molecule has 0 aromatic rings. The third-order valence-electron chi connectivity index (χ3n) is 5.05. The molecule has 0 spiro atoms. The molecule has 0 radical (unpaired) electrons. The quantitative estimate of drug-likeness (QED) is 0.212. The highest BCUT2D eigenvalue weighted by atomic mass is 19.1. The molecule has 2 unspecified atom stereocenters. The van der Waals surface area contributed by atoms with E-state index in [4.69, 9.17) is 9.47 Å². The largest absolute Gasteiger partial charge is 0.394 e. The van der Waals surface area contributed by atoms with Crippen molar-refractivity contribution in [2.75, 3.05) is 13.2 Å². The summed E-state index contributed by atoms with van der Waals surface area (Å²) in [6, 6.07) is -1.18. The van der Waals surface area contributed by atoms with E-state index >= 15 is 0 Å². The maximum Gasteiger partial charge on any atom is 0.297 e. The number of alkyl halides is 1. The van der Waals surface area contributed by atoms with Crippen molar-refractivity contribution in [1.29, 1.82) is 0 Å². The number of halogens is 1. The van der Waals surface area contributed by atoms with Crippen LogP contribution < -0.4 is 5.32 Å². The van der Waals surface area contributed by atoms with Crippen molar-refractivity contribution in [3.63, 3.8) is 0 Å². The Kier molecular flexibility index (Phi) is 20.1. The third kappa shape index (κ3) is 16.5. The summed E-state index contributed by atoms with van der Waals surface area (Å²) in [7, 11) is 0. The van der Waals surface area contributed by atoms with E-state index in [1.165, 1.54) is 0 Å². The molecular formula is C37H24FNO7. The molecule has 1 fully saturated rings. The minimum atomic E-state index is -1.67. The highest BCUT2D eigenvalue weighted by Gasteiger charge is 2.44. The molecule has 0 bridgehead atoms. The van der Waals surface area contributed by atoms with E-state index in [-0.39, 0.29) is 6.42 Å². The average Bonchev–Trinajstić information content (AvgIpc) is 3.06. The molecule has 1 amide bonds. The molecular weight excluding hydrogens is 589 g/mol. The number of carbonyl (C=O) groups is 1. The summed E-state index contributed by atoms with van der Waals surface area (Å²) in [5, 5.41) is 41.3. The van der Waals surface area contributed by atoms with Crippen LogP contribution in [0.25, 0.3) is 0 Å². The molecule has 1 aliphatic rings. The average molecular weight is 614 g/mol. The zero-order valence-electron chi connectivity index (χ0n) is 24.6. The van der Waals surface area contributed by atoms with Crippen LogP contribution in [0.5, 0.6) is 0 Å². The van der Waals surface area contributed by atoms with Crippen molar-refractivity contribution in [3.05, 3.63) is 0 Å². The molecule has 0 aromatic heterocycles. The number of ether oxygens (including phenoxy) is 2. The molecule has 9 heteroatoms. The van der Waals surface area contributed by atoms with Crippen molar-refractivity contribution in [2.24, 2.45) is 0 Å². The van der Waals surface area contributed by atoms with Gasteiger partial charge < -0.3 is 35.2 Å². The lowest BCUT2D eigenvalue weighted by Crippen LogP contribution is -2.59. The SMILES string of the molecule is CC#CC#CC#CC#CC#CC#CC#CC#CC#CC#CC#CC#CC(=O)N[C@@H](CO[C@H]1OC(CO)[C@H](O)[C@H](O)C1O)[C@H](F)CC. The molecule has 1 aliphatic heterocycles. The number of nitrogens with one attached hydrogen (secondary N) is 1. The van der Waals surface area contributed by atoms with Gasteiger partial charge in [-0.15, -0.1) is 0 Å². The molecule has 7 atom stereocenters. The van der Waals surface area contributed by atoms with E-state index in [0.29, 0.717) is 0 Å². The Balaban J connectivity index is 2.57. The summed E-state index contributed by atoms with van der Waals surface area (Å²) in [5.74, 6) is 57.8. The summed E-state index contributed by atoms with van der Waals surface area (Å²) in [4.78, 5) is 12.1. The normalized spacial score (nSPS) is 18.8. The van der Waals surface area contributed by atoms with Crippen LogP contribution in [0.15, 0.2) is 0 Å². The molecule has 1 rings (SSSR count). The van der Waals surface area contributed by atoms with Crippen LogP contribution in [-0.4, -0.2) is 82.5 Å². The lowest BCUT2D eigenvalue weighted by molar-refractivity contribution is -0.302. The van der Waals surface area contributed by atoms with Crippen LogP contribution in [0.1, 0.15) is 20.3 Å². The lowest BCUT2D eigenvalue weighted by atomic mass is 9.99. The second kappa shape index (κ2) is 24.3. The van der Waals surface area contributed by atoms with Gasteiger partial charge in [0.15, 0.2) is 6.29 Å². The van der Waals surface area contributed by atoms with E-state index in [1.807, 2.05) is 0 Å². The molecule has 8 nitrogen and oxygen atoms in total. The predicted octanol–water partition coefficient (Wildman–Crippen LogP) is -1.90. The Morgan fingerprint density at radius 1 is 0.717 bits per heavy atom. The Hall–Kier alpha value is -6.12. The summed E-state index contributed by atoms with van der Waals surface area (Å²) < 4.78 is 25.0. The fraction of sp³-hybridized carbons (Fsp3) is 0.324. The van der Waals surface area contributed by atoms with E-state index in [2.05, 4.69) is 147 Å². The van der Waals surface area contributed by atoms with Crippen molar-refractivity contribution < 1.29 is 39.1 Å². The topological polar surface area (TPSA) is 128 Å². The number of carbonyl (C=O) groups excluding carboxylic acids is 1. The highest BCUT2D eigenvalue weighted by Crippen LogP contribution is 2.22. The van der Waals surface area contributed by atoms with Gasteiger partial charge in [-0.1, -0.05) is 12.8 Å². The molecule has 1 saturated heterocycles. The molecule has 5 N–H and O–H groups in total. The fourth-order valence-electron chi connectivity index (χ4n) is 2.90. The van der Waals surface area contributed by atoms with Gasteiger partial charge >= 0.3 is 0 Å². The minimum absolute atomic E-state index is 0.0216. The molecule has 0 aliphatic carbocycles. The highest BCUT2D eigenvalue weighted by molar-refractivity contribution is 5.94. The Morgan fingerprint density at radius 2 is 1.13 bits per heavy atom. The standard InChI is InChI=1S/C37H24FNO7/c1-3-5-6-7-8-9-10-11-12-13-14-15-16-17-18-19-20-21-22-23-24-25-26-27-33(41)39-31(30(38)4-2)29-45-37-36(44)35(43)34(42)32(28-40)46-37/h30-32,34-37,40,42-44H,4,28-29H2,1-2H3,(H,39,41)/t30-,31+,32?,34+,35+,36?,37+/m1/s1. The molecule has 0 saturated carbocycles. The van der Waals surface area contributed by atoms with Crippen LogP contribution in [0.4, 0.5) is 4.39 Å². The molecule has 1 heterocycles. The molecule has 0 aromatic carbocycles. The molecule has 46 heavy (non-hydrogen) atoms. The first kappa shape index (κ1) is 37.9. The van der Waals surface area contributed by atoms with Gasteiger partial charge in [-0.2, -0.15) is 0 Å². The number of aliphatic hydroxyl groups excluding tert-OH is 4. The third-order valence-corrected chi connectivity index (χ3v) is 5.05. The molecule has 226 valence electrons. The smallest absolute Gasteiger partial charge is 0.297 e. The van der Waals surface area contributed by atoms with Crippen molar-refractivity contribution in [2.45, 2.75) is 63.2 Å². The Labute approximate surface area is 268 Å². The van der Waals surface area contributed by atoms with E-state index in [1.54, 1.807) is 13.8 Å². The van der Waals surface area contributed by atoms with Crippen LogP contribution in [0.2, 0.25) is 0 Å². The van der Waals surface area contributed by atoms with Gasteiger partial charge in [-0.05, 0) is 108 Å². The van der Waals surface area contributed by atoms with E-state index in [9.17, 15) is 29.6 Å². The summed E-state index contributed by atoms with van der Waals surface area (Å²) in [6.07, 6.45) is -9.10. The summed E-state index contributed by atoms with van der Waals surface area (Å²) in [5.41, 5.74) is 0. The van der Waals surface area contributed by atoms with Gasteiger partial charge in [0.1, 0.15) is 30.6 Å². The Morgan fingerprint density at radius 3 is 1.52 bits per heavy atom. The zero-order chi connectivity index (χ0) is 33.8. The zero-order valence-corrected chi connectivity index (χ0v) is 24.6. The number of amides is 1. The van der Waals surface area contributed by atoms with Crippen molar-refractivity contribution >= 4 is 5.91 Å². The monoisotopic (exact) mass is 613 g/mol. The van der Waals surface area contributed by atoms with Gasteiger partial charge in [0.25, 0.3) is 5.91 Å². The maximum atomic E-state index is 14.4. The van der Waals surface area contributed by atoms with Gasteiger partial charge in [-0.3, -0.25) is 4.79 Å². The van der Waals surface area contributed by atoms with Gasteiger partial charge in [0, 0.05) is 41.4 Å². The van der Waals surface area contributed by atoms with Gasteiger partial charge in [0.2, 0.25) is 0 Å². The van der Waals surface area contributed by atoms with E-state index < -0.39 is 62.0 Å². The first-order valence-corrected chi connectivity index (χ1v) is 13.1. The van der Waals surface area contributed by atoms with E-state index in [0.717, 1.165) is 0 Å². The lowest BCUT2D eigenvalue weighted by Gasteiger charge is -2.40. The Bertz CT molecular complexity index is 1880. The number of hydrogen-bond donors (Lipinski definition) is 5. The summed E-state index contributed by atoms with van der Waals surface area (Å²) in [6.45, 7) is 2.10. The van der Waals surface area contributed by atoms with Crippen LogP contribution in [0.3, 0.4) is 0 Å². The van der Waals surface area contributed by atoms with Crippen LogP contribution >= 0.6 is 0 Å². The minimum Gasteiger partial charge on any atom is -0.394 e. The first-order chi connectivity index (χ1) is 22.3. The van der Waals surface area contributed by atoms with Crippen molar-refractivity contribution in [3.8, 4) is 142 Å². The number of rotatable bonds is 7. The second-order valence-electron chi connectivity index (χ2n) is 8.16. The number of hydrogen-bond acceptors (Lipinski definition) is 7. The second-order valence-corrected chi connectivity index (χ2v) is 8.16. The van der Waals surface area contributed by atoms with Gasteiger partial charge in [-0.25, -0.2) is 4.39 Å².